The Bertz CT molecular complexity index is 1010. The molecule has 7 nitrogen and oxygen atoms in total. The average molecular weight is 393 g/mol. The number of carbonyl (C=O) groups is 2. The van der Waals surface area contributed by atoms with E-state index in [2.05, 4.69) is 10.6 Å². The second kappa shape index (κ2) is 7.17. The highest BCUT2D eigenvalue weighted by molar-refractivity contribution is 6.10. The quantitative estimate of drug-likeness (QED) is 0.537. The molecule has 3 atom stereocenters. The fourth-order valence-electron chi connectivity index (χ4n) is 4.23. The lowest BCUT2D eigenvalue weighted by Gasteiger charge is -2.26. The number of nitrogens with one attached hydrogen (secondary N) is 2. The molecule has 0 bridgehead atoms. The maximum Gasteiger partial charge on any atom is 0.272 e. The molecule has 5 rings (SSSR count). The Morgan fingerprint density at radius 2 is 1.86 bits per heavy atom. The molecule has 7 heteroatoms. The van der Waals surface area contributed by atoms with Gasteiger partial charge in [0, 0.05) is 25.2 Å². The average Bonchev–Trinajstić information content (AvgIpc) is 3.35. The van der Waals surface area contributed by atoms with E-state index in [4.69, 9.17) is 4.74 Å². The molecule has 3 aliphatic rings. The van der Waals surface area contributed by atoms with Gasteiger partial charge in [0.15, 0.2) is 0 Å². The minimum absolute atomic E-state index is 0.0364. The number of ether oxygens (including phenoxy) is 1. The first-order valence-electron chi connectivity index (χ1n) is 10.0. The first-order valence-corrected chi connectivity index (χ1v) is 10.0. The third-order valence-corrected chi connectivity index (χ3v) is 5.87. The number of epoxide rings is 1. The van der Waals surface area contributed by atoms with Crippen molar-refractivity contribution in [1.82, 2.24) is 15.5 Å². The molecule has 0 radical (unpaired) electrons. The molecule has 2 aromatic carbocycles. The van der Waals surface area contributed by atoms with Crippen molar-refractivity contribution in [2.24, 2.45) is 0 Å². The number of carbonyl (C=O) groups excluding carboxylic acids is 2. The third kappa shape index (κ3) is 3.26. The van der Waals surface area contributed by atoms with E-state index >= 15 is 0 Å². The van der Waals surface area contributed by atoms with Crippen LogP contribution in [0.5, 0.6) is 0 Å². The summed E-state index contributed by atoms with van der Waals surface area (Å²) in [5.41, 5.74) is 0.946. The minimum atomic E-state index is -0.955. The first kappa shape index (κ1) is 18.1. The van der Waals surface area contributed by atoms with E-state index in [1.807, 2.05) is 36.4 Å². The molecule has 3 fully saturated rings. The molecular weight excluding hydrogens is 370 g/mol. The van der Waals surface area contributed by atoms with Crippen molar-refractivity contribution in [3.05, 3.63) is 59.4 Å². The zero-order valence-electron chi connectivity index (χ0n) is 15.9. The molecule has 3 heterocycles. The second-order valence-corrected chi connectivity index (χ2v) is 7.73. The van der Waals surface area contributed by atoms with Crippen LogP contribution in [0.25, 0.3) is 10.8 Å². The van der Waals surface area contributed by atoms with Gasteiger partial charge in [-0.3, -0.25) is 9.59 Å². The van der Waals surface area contributed by atoms with Crippen LogP contribution >= 0.6 is 0 Å². The summed E-state index contributed by atoms with van der Waals surface area (Å²) in [5, 5.41) is 18.3. The molecule has 0 aliphatic carbocycles. The van der Waals surface area contributed by atoms with E-state index in [0.29, 0.717) is 30.9 Å². The Morgan fingerprint density at radius 3 is 2.69 bits per heavy atom. The van der Waals surface area contributed by atoms with E-state index in [1.54, 1.807) is 11.0 Å². The summed E-state index contributed by atoms with van der Waals surface area (Å²) in [6.07, 6.45) is 0.570. The molecule has 0 spiro atoms. The Labute approximate surface area is 168 Å². The lowest BCUT2D eigenvalue weighted by molar-refractivity contribution is -0.126. The number of fused-ring (bicyclic) bond motifs is 2. The van der Waals surface area contributed by atoms with Crippen molar-refractivity contribution in [3.63, 3.8) is 0 Å². The zero-order valence-corrected chi connectivity index (χ0v) is 15.9. The van der Waals surface area contributed by atoms with E-state index in [-0.39, 0.29) is 29.7 Å². The number of rotatable bonds is 3. The molecule has 0 saturated carbocycles. The van der Waals surface area contributed by atoms with Crippen LogP contribution in [0.15, 0.2) is 53.9 Å². The number of hydrogen-bond donors (Lipinski definition) is 3. The van der Waals surface area contributed by atoms with Gasteiger partial charge in [0.05, 0.1) is 5.70 Å². The maximum atomic E-state index is 13.2. The maximum absolute atomic E-state index is 13.2. The monoisotopic (exact) mass is 393 g/mol. The smallest absolute Gasteiger partial charge is 0.272 e. The van der Waals surface area contributed by atoms with Crippen LogP contribution in [-0.4, -0.2) is 59.8 Å². The Hall–Kier alpha value is -2.90. The summed E-state index contributed by atoms with van der Waals surface area (Å²) >= 11 is 0. The van der Waals surface area contributed by atoms with Gasteiger partial charge in [-0.15, -0.1) is 0 Å². The van der Waals surface area contributed by atoms with Crippen molar-refractivity contribution in [2.75, 3.05) is 19.6 Å². The van der Waals surface area contributed by atoms with Crippen molar-refractivity contribution in [1.29, 1.82) is 0 Å². The number of piperidine rings is 1. The number of benzene rings is 2. The summed E-state index contributed by atoms with van der Waals surface area (Å²) in [4.78, 5) is 28.1. The van der Waals surface area contributed by atoms with Gasteiger partial charge in [-0.1, -0.05) is 36.4 Å². The fraction of sp³-hybridized carbons (Fsp3) is 0.364. The number of aliphatic hydroxyl groups is 1. The summed E-state index contributed by atoms with van der Waals surface area (Å²) < 4.78 is 5.44. The molecule has 2 amide bonds. The zero-order chi connectivity index (χ0) is 20.0. The van der Waals surface area contributed by atoms with Gasteiger partial charge in [-0.05, 0) is 29.7 Å². The lowest BCUT2D eigenvalue weighted by Crippen LogP contribution is -2.45. The highest BCUT2D eigenvalue weighted by atomic mass is 16.6. The topological polar surface area (TPSA) is 94.2 Å². The van der Waals surface area contributed by atoms with E-state index in [1.165, 1.54) is 0 Å². The predicted octanol–water partition coefficient (Wildman–Crippen LogP) is 1.14. The Balaban J connectivity index is 1.51. The molecule has 2 aromatic rings. The SMILES string of the molecule is O=C(N/C(C(=O)N1CCCC1)=C1\NC[C@H]2O[C@H]2[C@@H]1O)c1cccc2ccccc12. The van der Waals surface area contributed by atoms with Gasteiger partial charge >= 0.3 is 0 Å². The van der Waals surface area contributed by atoms with Crippen molar-refractivity contribution in [3.8, 4) is 0 Å². The third-order valence-electron chi connectivity index (χ3n) is 5.87. The van der Waals surface area contributed by atoms with Crippen LogP contribution in [-0.2, 0) is 9.53 Å². The number of likely N-dealkylation sites (tertiary alicyclic amines) is 1. The summed E-state index contributed by atoms with van der Waals surface area (Å²) in [6.45, 7) is 1.81. The van der Waals surface area contributed by atoms with Crippen LogP contribution in [0.4, 0.5) is 0 Å². The second-order valence-electron chi connectivity index (χ2n) is 7.73. The highest BCUT2D eigenvalue weighted by Crippen LogP contribution is 2.33. The van der Waals surface area contributed by atoms with Crippen molar-refractivity contribution < 1.29 is 19.4 Å². The fourth-order valence-corrected chi connectivity index (χ4v) is 4.23. The Morgan fingerprint density at radius 1 is 1.10 bits per heavy atom. The van der Waals surface area contributed by atoms with Gasteiger partial charge < -0.3 is 25.4 Å². The molecular formula is C22H23N3O4. The minimum Gasteiger partial charge on any atom is -0.384 e. The molecule has 150 valence electrons. The number of nitrogens with zero attached hydrogens (tertiary/aromatic N) is 1. The van der Waals surface area contributed by atoms with E-state index in [9.17, 15) is 14.7 Å². The van der Waals surface area contributed by atoms with Gasteiger partial charge in [-0.25, -0.2) is 0 Å². The largest absolute Gasteiger partial charge is 0.384 e. The van der Waals surface area contributed by atoms with Crippen LogP contribution in [0.2, 0.25) is 0 Å². The first-order chi connectivity index (χ1) is 14.1. The molecule has 3 aliphatic heterocycles. The normalized spacial score (nSPS) is 27.2. The highest BCUT2D eigenvalue weighted by Gasteiger charge is 2.50. The summed E-state index contributed by atoms with van der Waals surface area (Å²) in [5.74, 6) is -0.638. The molecule has 0 unspecified atom stereocenters. The Kier molecular flexibility index (Phi) is 4.49. The summed E-state index contributed by atoms with van der Waals surface area (Å²) in [6, 6.07) is 13.1. The van der Waals surface area contributed by atoms with Gasteiger partial charge in [0.25, 0.3) is 11.8 Å². The van der Waals surface area contributed by atoms with E-state index in [0.717, 1.165) is 23.6 Å². The summed E-state index contributed by atoms with van der Waals surface area (Å²) in [7, 11) is 0. The number of aliphatic hydroxyl groups excluding tert-OH is 1. The predicted molar refractivity (Wildman–Crippen MR) is 107 cm³/mol. The molecule has 3 saturated heterocycles. The van der Waals surface area contributed by atoms with Crippen molar-refractivity contribution in [2.45, 2.75) is 31.2 Å². The van der Waals surface area contributed by atoms with E-state index < -0.39 is 6.10 Å². The van der Waals surface area contributed by atoms with Crippen LogP contribution in [0, 0.1) is 0 Å². The number of amides is 2. The van der Waals surface area contributed by atoms with Gasteiger partial charge in [-0.2, -0.15) is 0 Å². The molecule has 3 N–H and O–H groups in total. The van der Waals surface area contributed by atoms with Crippen molar-refractivity contribution >= 4 is 22.6 Å². The molecule has 0 aromatic heterocycles. The van der Waals surface area contributed by atoms with Gasteiger partial charge in [0.2, 0.25) is 0 Å². The standard InChI is InChI=1S/C22H23N3O4/c26-19-17(23-12-16-20(19)29-16)18(22(28)25-10-3-4-11-25)24-21(27)15-9-5-7-13-6-1-2-8-14(13)15/h1-2,5-9,16,19-20,23,26H,3-4,10-12H2,(H,24,27)/b18-17-/t16-,19-,20-/m1/s1. The van der Waals surface area contributed by atoms with Crippen LogP contribution in [0.3, 0.4) is 0 Å². The number of hydrogen-bond acceptors (Lipinski definition) is 5. The van der Waals surface area contributed by atoms with Crippen LogP contribution < -0.4 is 10.6 Å². The molecule has 29 heavy (non-hydrogen) atoms. The van der Waals surface area contributed by atoms with Gasteiger partial charge in [0.1, 0.15) is 24.0 Å². The lowest BCUT2D eigenvalue weighted by atomic mass is 10.0. The van der Waals surface area contributed by atoms with Crippen LogP contribution in [0.1, 0.15) is 23.2 Å².